The minimum absolute atomic E-state index is 0.189. The van der Waals surface area contributed by atoms with E-state index in [-0.39, 0.29) is 11.6 Å². The topological polar surface area (TPSA) is 76.2 Å². The van der Waals surface area contributed by atoms with Crippen molar-refractivity contribution < 1.29 is 0 Å². The highest BCUT2D eigenvalue weighted by molar-refractivity contribution is 5.98. The maximum atomic E-state index is 4.65. The van der Waals surface area contributed by atoms with E-state index in [1.54, 1.807) is 0 Å². The number of imidazole rings is 1. The van der Waals surface area contributed by atoms with Gasteiger partial charge >= 0.3 is 0 Å². The van der Waals surface area contributed by atoms with Crippen molar-refractivity contribution in [1.29, 1.82) is 0 Å². The summed E-state index contributed by atoms with van der Waals surface area (Å²) in [6.07, 6.45) is 13.6. The van der Waals surface area contributed by atoms with Crippen LogP contribution in [0, 0.1) is 5.92 Å². The molecule has 2 aromatic rings. The molecular weight excluding hydrogens is 316 g/mol. The lowest BCUT2D eigenvalue weighted by Crippen LogP contribution is -2.54. The number of rotatable bonds is 1. The quantitative estimate of drug-likeness (QED) is 0.858. The van der Waals surface area contributed by atoms with Gasteiger partial charge < -0.3 is 4.57 Å². The summed E-state index contributed by atoms with van der Waals surface area (Å²) in [6.45, 7) is 2.25. The van der Waals surface area contributed by atoms with E-state index in [9.17, 15) is 0 Å². The van der Waals surface area contributed by atoms with Crippen LogP contribution in [-0.2, 0) is 5.41 Å². The monoisotopic (exact) mass is 338 g/mol. The number of nitrogens with zero attached hydrogens (tertiary/aromatic N) is 7. The van der Waals surface area contributed by atoms with Gasteiger partial charge in [-0.1, -0.05) is 25.0 Å². The van der Waals surface area contributed by atoms with E-state index < -0.39 is 0 Å². The first-order chi connectivity index (χ1) is 12.2. The predicted octanol–water partition coefficient (Wildman–Crippen LogP) is 1.83. The first-order valence-corrected chi connectivity index (χ1v) is 9.32. The van der Waals surface area contributed by atoms with E-state index in [1.165, 1.54) is 38.5 Å². The molecule has 3 unspecified atom stereocenters. The molecule has 2 saturated carbocycles. The molecule has 2 fully saturated rings. The highest BCUT2D eigenvalue weighted by atomic mass is 15.6. The van der Waals surface area contributed by atoms with E-state index in [2.05, 4.69) is 42.2 Å². The van der Waals surface area contributed by atoms with Gasteiger partial charge in [0.25, 0.3) is 5.96 Å². The normalized spacial score (nSPS) is 31.6. The molecule has 2 aromatic heterocycles. The van der Waals surface area contributed by atoms with Crippen LogP contribution in [0.1, 0.15) is 57.2 Å². The van der Waals surface area contributed by atoms with E-state index in [0.717, 1.165) is 17.5 Å². The molecule has 8 nitrogen and oxygen atoms in total. The smallest absolute Gasteiger partial charge is 0.252 e. The van der Waals surface area contributed by atoms with E-state index >= 15 is 0 Å². The summed E-state index contributed by atoms with van der Waals surface area (Å²) in [6, 6.07) is 0.520. The molecule has 8 heteroatoms. The number of nitrogens with one attached hydrogen (secondary N) is 1. The van der Waals surface area contributed by atoms with Crippen molar-refractivity contribution in [3.63, 3.8) is 0 Å². The van der Waals surface area contributed by atoms with E-state index in [1.807, 2.05) is 23.4 Å². The standard InChI is InChI=1S/C17H22N8/c1-17(6-7-17)13-9-24(22-19-13)16-21-20-15-11-4-2-3-5-12(11)23-10-18-8-14(23)25(15)16/h8-12,15,20H,2-7H2,1H3. The van der Waals surface area contributed by atoms with Crippen molar-refractivity contribution in [1.82, 2.24) is 30.0 Å². The Hall–Kier alpha value is -2.38. The molecule has 0 radical (unpaired) electrons. The summed E-state index contributed by atoms with van der Waals surface area (Å²) in [5.41, 5.74) is 4.66. The number of aromatic nitrogens is 5. The molecule has 6 rings (SSSR count). The highest BCUT2D eigenvalue weighted by Gasteiger charge is 2.48. The van der Waals surface area contributed by atoms with E-state index in [0.29, 0.717) is 12.0 Å². The molecule has 0 bridgehead atoms. The number of hydrazone groups is 1. The Kier molecular flexibility index (Phi) is 2.56. The number of hydrogen-bond acceptors (Lipinski definition) is 6. The molecule has 3 atom stereocenters. The average molecular weight is 338 g/mol. The fourth-order valence-corrected chi connectivity index (χ4v) is 4.73. The van der Waals surface area contributed by atoms with Crippen LogP contribution in [-0.4, -0.2) is 36.7 Å². The van der Waals surface area contributed by atoms with Crippen LogP contribution in [0.5, 0.6) is 0 Å². The van der Waals surface area contributed by atoms with Crippen LogP contribution in [0.15, 0.2) is 23.8 Å². The zero-order valence-corrected chi connectivity index (χ0v) is 14.3. The SMILES string of the molecule is CC1(c2cn(C3=NNC4C5CCCCC5n5cncc5N34)nn2)CC1. The third-order valence-corrected chi connectivity index (χ3v) is 6.54. The van der Waals surface area contributed by atoms with Gasteiger partial charge in [-0.2, -0.15) is 4.68 Å². The zero-order chi connectivity index (χ0) is 16.6. The summed E-state index contributed by atoms with van der Waals surface area (Å²) < 4.78 is 4.16. The lowest BCUT2D eigenvalue weighted by Gasteiger charge is -2.45. The molecule has 2 aliphatic carbocycles. The Morgan fingerprint density at radius 2 is 2.12 bits per heavy atom. The van der Waals surface area contributed by atoms with Gasteiger partial charge in [0.1, 0.15) is 12.0 Å². The minimum Gasteiger partial charge on any atom is -0.314 e. The van der Waals surface area contributed by atoms with Gasteiger partial charge in [-0.25, -0.2) is 4.98 Å². The Morgan fingerprint density at radius 1 is 1.24 bits per heavy atom. The molecule has 25 heavy (non-hydrogen) atoms. The molecule has 2 aliphatic heterocycles. The van der Waals surface area contributed by atoms with Crippen molar-refractivity contribution >= 4 is 11.8 Å². The van der Waals surface area contributed by atoms with Crippen molar-refractivity contribution in [2.24, 2.45) is 11.0 Å². The molecule has 4 heterocycles. The zero-order valence-electron chi connectivity index (χ0n) is 14.3. The second kappa shape index (κ2) is 4.62. The van der Waals surface area contributed by atoms with Gasteiger partial charge in [-0.05, 0) is 25.7 Å². The van der Waals surface area contributed by atoms with E-state index in [4.69, 9.17) is 0 Å². The average Bonchev–Trinajstić information content (AvgIpc) is 3.12. The van der Waals surface area contributed by atoms with Gasteiger partial charge in [-0.15, -0.1) is 10.2 Å². The molecule has 1 N–H and O–H groups in total. The van der Waals surface area contributed by atoms with Gasteiger partial charge in [0.2, 0.25) is 0 Å². The minimum atomic E-state index is 0.189. The molecule has 4 aliphatic rings. The van der Waals surface area contributed by atoms with Crippen LogP contribution < -0.4 is 10.3 Å². The van der Waals surface area contributed by atoms with Crippen LogP contribution in [0.25, 0.3) is 0 Å². The highest BCUT2D eigenvalue weighted by Crippen LogP contribution is 2.47. The van der Waals surface area contributed by atoms with Gasteiger partial charge in [0.15, 0.2) is 0 Å². The second-order valence-corrected chi connectivity index (χ2v) is 8.14. The predicted molar refractivity (Wildman–Crippen MR) is 92.1 cm³/mol. The first kappa shape index (κ1) is 13.9. The summed E-state index contributed by atoms with van der Waals surface area (Å²) in [7, 11) is 0. The fourth-order valence-electron chi connectivity index (χ4n) is 4.73. The van der Waals surface area contributed by atoms with Crippen molar-refractivity contribution in [3.05, 3.63) is 24.4 Å². The maximum absolute atomic E-state index is 4.65. The third kappa shape index (κ3) is 1.82. The Bertz CT molecular complexity index is 860. The van der Waals surface area contributed by atoms with Crippen LogP contribution in [0.2, 0.25) is 0 Å². The van der Waals surface area contributed by atoms with Gasteiger partial charge in [0, 0.05) is 17.4 Å². The van der Waals surface area contributed by atoms with Gasteiger partial charge in [0.05, 0.1) is 24.4 Å². The van der Waals surface area contributed by atoms with Crippen molar-refractivity contribution in [2.45, 2.75) is 63.1 Å². The first-order valence-electron chi connectivity index (χ1n) is 9.32. The van der Waals surface area contributed by atoms with Gasteiger partial charge in [-0.3, -0.25) is 10.3 Å². The molecule has 0 amide bonds. The molecule has 130 valence electrons. The third-order valence-electron chi connectivity index (χ3n) is 6.54. The molecule has 0 aromatic carbocycles. The van der Waals surface area contributed by atoms with Crippen LogP contribution in [0.4, 0.5) is 5.82 Å². The second-order valence-electron chi connectivity index (χ2n) is 8.14. The number of fused-ring (bicyclic) bond motifs is 6. The van der Waals surface area contributed by atoms with Crippen molar-refractivity contribution in [2.75, 3.05) is 4.90 Å². The molecule has 0 saturated heterocycles. The largest absolute Gasteiger partial charge is 0.314 e. The van der Waals surface area contributed by atoms with Crippen LogP contribution in [0.3, 0.4) is 0 Å². The number of anilines is 1. The summed E-state index contributed by atoms with van der Waals surface area (Å²) in [4.78, 5) is 6.69. The fraction of sp³-hybridized carbons (Fsp3) is 0.647. The van der Waals surface area contributed by atoms with Crippen LogP contribution >= 0.6 is 0 Å². The summed E-state index contributed by atoms with van der Waals surface area (Å²) in [5, 5.41) is 13.4. The molecule has 0 spiro atoms. The lowest BCUT2D eigenvalue weighted by atomic mass is 9.80. The van der Waals surface area contributed by atoms with Crippen molar-refractivity contribution in [3.8, 4) is 0 Å². The summed E-state index contributed by atoms with van der Waals surface area (Å²) in [5.74, 6) is 2.45. The molecular formula is C17H22N8. The number of hydrogen-bond donors (Lipinski definition) is 1. The lowest BCUT2D eigenvalue weighted by molar-refractivity contribution is 0.175. The Morgan fingerprint density at radius 3 is 3.00 bits per heavy atom. The Labute approximate surface area is 145 Å². The maximum Gasteiger partial charge on any atom is 0.252 e. The Balaban J connectivity index is 1.41. The summed E-state index contributed by atoms with van der Waals surface area (Å²) >= 11 is 0.